The van der Waals surface area contributed by atoms with Crippen molar-refractivity contribution < 1.29 is 17.2 Å². The minimum absolute atomic E-state index is 0.0179. The van der Waals surface area contributed by atoms with Crippen LogP contribution in [-0.2, 0) is 10.0 Å². The molecule has 3 rings (SSSR count). The van der Waals surface area contributed by atoms with Gasteiger partial charge in [0, 0.05) is 11.1 Å². The predicted molar refractivity (Wildman–Crippen MR) is 132 cm³/mol. The molecule has 7 heteroatoms. The van der Waals surface area contributed by atoms with Crippen LogP contribution in [0.25, 0.3) is 5.57 Å². The van der Waals surface area contributed by atoms with E-state index in [1.807, 2.05) is 19.9 Å². The number of halogens is 2. The largest absolute Gasteiger partial charge is 0.274 e. The molecule has 1 aliphatic rings. The van der Waals surface area contributed by atoms with Crippen LogP contribution in [0.15, 0.2) is 71.2 Å². The van der Waals surface area contributed by atoms with Gasteiger partial charge >= 0.3 is 0 Å². The Labute approximate surface area is 201 Å². The van der Waals surface area contributed by atoms with Gasteiger partial charge in [0.1, 0.15) is 0 Å². The van der Waals surface area contributed by atoms with Crippen LogP contribution in [0.2, 0.25) is 0 Å². The molecule has 0 spiro atoms. The SMILES string of the molecule is CCCCC(=C(F)F)c1ccccc1N(C(C#N)C1=CCCCC1)S(=O)(=O)c1ccc(C)cc1. The number of para-hydroxylation sites is 1. The van der Waals surface area contributed by atoms with E-state index in [0.29, 0.717) is 18.4 Å². The lowest BCUT2D eigenvalue weighted by molar-refractivity contribution is 0.422. The van der Waals surface area contributed by atoms with E-state index in [2.05, 4.69) is 6.07 Å². The Morgan fingerprint density at radius 1 is 1.12 bits per heavy atom. The summed E-state index contributed by atoms with van der Waals surface area (Å²) in [4.78, 5) is 0.0179. The summed E-state index contributed by atoms with van der Waals surface area (Å²) in [6.45, 7) is 3.76. The zero-order chi connectivity index (χ0) is 24.7. The van der Waals surface area contributed by atoms with Crippen LogP contribution in [-0.4, -0.2) is 14.5 Å². The van der Waals surface area contributed by atoms with Gasteiger partial charge in [0.25, 0.3) is 16.1 Å². The lowest BCUT2D eigenvalue weighted by Crippen LogP contribution is -2.41. The summed E-state index contributed by atoms with van der Waals surface area (Å²) >= 11 is 0. The summed E-state index contributed by atoms with van der Waals surface area (Å²) in [5.74, 6) is 0. The number of rotatable bonds is 9. The van der Waals surface area contributed by atoms with Crippen LogP contribution in [0.1, 0.15) is 63.0 Å². The van der Waals surface area contributed by atoms with Crippen molar-refractivity contribution in [3.05, 3.63) is 77.4 Å². The molecule has 0 N–H and O–H groups in total. The van der Waals surface area contributed by atoms with Gasteiger partial charge in [0.15, 0.2) is 6.04 Å². The summed E-state index contributed by atoms with van der Waals surface area (Å²) in [5.41, 5.74) is 1.65. The van der Waals surface area contributed by atoms with E-state index in [-0.39, 0.29) is 28.1 Å². The molecule has 1 atom stereocenters. The van der Waals surface area contributed by atoms with Crippen molar-refractivity contribution in [2.75, 3.05) is 4.31 Å². The van der Waals surface area contributed by atoms with Gasteiger partial charge in [-0.2, -0.15) is 14.0 Å². The number of unbranched alkanes of at least 4 members (excludes halogenated alkanes) is 1. The quantitative estimate of drug-likeness (QED) is 0.349. The van der Waals surface area contributed by atoms with Gasteiger partial charge in [0.05, 0.1) is 16.7 Å². The van der Waals surface area contributed by atoms with Crippen molar-refractivity contribution in [2.45, 2.75) is 69.7 Å². The molecule has 1 aliphatic carbocycles. The number of anilines is 1. The van der Waals surface area contributed by atoms with E-state index in [9.17, 15) is 22.5 Å². The van der Waals surface area contributed by atoms with Crippen molar-refractivity contribution in [2.24, 2.45) is 0 Å². The number of hydrogen-bond donors (Lipinski definition) is 0. The van der Waals surface area contributed by atoms with Gasteiger partial charge in [-0.15, -0.1) is 0 Å². The van der Waals surface area contributed by atoms with Gasteiger partial charge in [-0.05, 0) is 69.2 Å². The smallest absolute Gasteiger partial charge is 0.245 e. The molecule has 0 saturated heterocycles. The molecule has 0 radical (unpaired) electrons. The molecule has 180 valence electrons. The second kappa shape index (κ2) is 11.4. The minimum Gasteiger partial charge on any atom is -0.245 e. The third kappa shape index (κ3) is 5.56. The summed E-state index contributed by atoms with van der Waals surface area (Å²) in [5, 5.41) is 10.2. The molecule has 34 heavy (non-hydrogen) atoms. The van der Waals surface area contributed by atoms with Crippen LogP contribution in [0, 0.1) is 18.3 Å². The van der Waals surface area contributed by atoms with Crippen molar-refractivity contribution in [3.8, 4) is 6.07 Å². The summed E-state index contributed by atoms with van der Waals surface area (Å²) in [6, 6.07) is 13.7. The van der Waals surface area contributed by atoms with Crippen LogP contribution in [0.5, 0.6) is 0 Å². The second-order valence-electron chi connectivity index (χ2n) is 8.53. The van der Waals surface area contributed by atoms with E-state index in [4.69, 9.17) is 0 Å². The number of nitrogens with zero attached hydrogens (tertiary/aromatic N) is 2. The molecule has 1 unspecified atom stereocenters. The Morgan fingerprint density at radius 2 is 1.82 bits per heavy atom. The molecule has 0 aliphatic heterocycles. The van der Waals surface area contributed by atoms with E-state index in [1.54, 1.807) is 24.3 Å². The van der Waals surface area contributed by atoms with Crippen LogP contribution >= 0.6 is 0 Å². The maximum absolute atomic E-state index is 14.1. The summed E-state index contributed by atoms with van der Waals surface area (Å²) < 4.78 is 57.2. The standard InChI is InChI=1S/C27H30F2N2O2S/c1-3-4-12-24(27(28)29)23-13-8-9-14-25(23)31(26(19-30)21-10-6-5-7-11-21)34(32,33)22-17-15-20(2)16-18-22/h8-10,13-18,26H,3-7,11-12H2,1-2H3. The first kappa shape index (κ1) is 25.6. The number of hydrogen-bond acceptors (Lipinski definition) is 3. The Kier molecular flexibility index (Phi) is 8.62. The third-order valence-corrected chi connectivity index (χ3v) is 7.88. The Hall–Kier alpha value is -2.98. The molecule has 0 fully saturated rings. The van der Waals surface area contributed by atoms with Gasteiger partial charge in [-0.25, -0.2) is 12.7 Å². The average molecular weight is 485 g/mol. The highest BCUT2D eigenvalue weighted by atomic mass is 32.2. The molecular formula is C27H30F2N2O2S. The van der Waals surface area contributed by atoms with Crippen molar-refractivity contribution in [3.63, 3.8) is 0 Å². The van der Waals surface area contributed by atoms with Crippen LogP contribution in [0.4, 0.5) is 14.5 Å². The van der Waals surface area contributed by atoms with Gasteiger partial charge in [0.2, 0.25) is 0 Å². The van der Waals surface area contributed by atoms with E-state index in [0.717, 1.165) is 35.6 Å². The number of nitriles is 1. The maximum atomic E-state index is 14.1. The van der Waals surface area contributed by atoms with Crippen molar-refractivity contribution >= 4 is 21.3 Å². The number of allylic oxidation sites excluding steroid dienone is 2. The predicted octanol–water partition coefficient (Wildman–Crippen LogP) is 7.38. The number of sulfonamides is 1. The second-order valence-corrected chi connectivity index (χ2v) is 10.3. The van der Waals surface area contributed by atoms with Crippen LogP contribution < -0.4 is 4.31 Å². The Bertz CT molecular complexity index is 1210. The minimum atomic E-state index is -4.23. The third-order valence-electron chi connectivity index (χ3n) is 6.09. The fourth-order valence-corrected chi connectivity index (χ4v) is 5.82. The van der Waals surface area contributed by atoms with Gasteiger partial charge < -0.3 is 0 Å². The molecule has 4 nitrogen and oxygen atoms in total. The van der Waals surface area contributed by atoms with E-state index >= 15 is 0 Å². The number of benzene rings is 2. The first-order chi connectivity index (χ1) is 16.3. The fourth-order valence-electron chi connectivity index (χ4n) is 4.23. The van der Waals surface area contributed by atoms with E-state index < -0.39 is 22.1 Å². The monoisotopic (exact) mass is 484 g/mol. The molecule has 2 aromatic rings. The zero-order valence-corrected chi connectivity index (χ0v) is 20.4. The van der Waals surface area contributed by atoms with E-state index in [1.165, 1.54) is 24.3 Å². The van der Waals surface area contributed by atoms with Gasteiger partial charge in [-0.1, -0.05) is 55.3 Å². The van der Waals surface area contributed by atoms with Gasteiger partial charge in [-0.3, -0.25) is 0 Å². The highest BCUT2D eigenvalue weighted by Gasteiger charge is 2.36. The lowest BCUT2D eigenvalue weighted by Gasteiger charge is -2.33. The summed E-state index contributed by atoms with van der Waals surface area (Å²) in [7, 11) is -4.23. The molecule has 0 bridgehead atoms. The zero-order valence-electron chi connectivity index (χ0n) is 19.6. The molecule has 0 amide bonds. The first-order valence-electron chi connectivity index (χ1n) is 11.6. The first-order valence-corrected chi connectivity index (χ1v) is 13.1. The molecule has 0 heterocycles. The van der Waals surface area contributed by atoms with Crippen molar-refractivity contribution in [1.29, 1.82) is 5.26 Å². The van der Waals surface area contributed by atoms with Crippen LogP contribution in [0.3, 0.4) is 0 Å². The normalized spacial score (nSPS) is 14.6. The molecule has 2 aromatic carbocycles. The maximum Gasteiger partial charge on any atom is 0.274 e. The highest BCUT2D eigenvalue weighted by molar-refractivity contribution is 7.92. The molecular weight excluding hydrogens is 454 g/mol. The molecule has 0 saturated carbocycles. The van der Waals surface area contributed by atoms with Crippen molar-refractivity contribution in [1.82, 2.24) is 0 Å². The Morgan fingerprint density at radius 3 is 2.41 bits per heavy atom. The fraction of sp³-hybridized carbons (Fsp3) is 0.370. The molecule has 0 aromatic heterocycles. The number of aryl methyl sites for hydroxylation is 1. The Balaban J connectivity index is 2.27. The summed E-state index contributed by atoms with van der Waals surface area (Å²) in [6.07, 6.45) is 4.64. The lowest BCUT2D eigenvalue weighted by atomic mass is 9.93. The topological polar surface area (TPSA) is 61.2 Å². The highest BCUT2D eigenvalue weighted by Crippen LogP contribution is 2.39. The average Bonchev–Trinajstić information content (AvgIpc) is 2.83.